The summed E-state index contributed by atoms with van der Waals surface area (Å²) in [5.41, 5.74) is 2.67. The Labute approximate surface area is 190 Å². The quantitative estimate of drug-likeness (QED) is 0.467. The maximum Gasteiger partial charge on any atom is 0.269 e. The van der Waals surface area contributed by atoms with E-state index in [1.165, 1.54) is 12.1 Å². The lowest BCUT2D eigenvalue weighted by Crippen LogP contribution is -2.37. The van der Waals surface area contributed by atoms with Crippen molar-refractivity contribution in [3.05, 3.63) is 117 Å². The highest BCUT2D eigenvalue weighted by Crippen LogP contribution is 2.24. The Bertz CT molecular complexity index is 1370. The summed E-state index contributed by atoms with van der Waals surface area (Å²) in [4.78, 5) is 39.0. The molecule has 3 aromatic carbocycles. The largest absolute Gasteiger partial charge is 0.356 e. The van der Waals surface area contributed by atoms with Crippen molar-refractivity contribution < 1.29 is 4.79 Å². The summed E-state index contributed by atoms with van der Waals surface area (Å²) in [5, 5.41) is 5.82. The second-order valence-electron chi connectivity index (χ2n) is 7.84. The minimum absolute atomic E-state index is 0.103. The molecule has 2 N–H and O–H groups in total. The first-order chi connectivity index (χ1) is 15.9. The molecule has 1 heterocycles. The summed E-state index contributed by atoms with van der Waals surface area (Å²) >= 11 is 0. The Kier molecular flexibility index (Phi) is 6.22. The molecule has 0 radical (unpaired) electrons. The van der Waals surface area contributed by atoms with Crippen LogP contribution in [0, 0.1) is 0 Å². The van der Waals surface area contributed by atoms with Crippen molar-refractivity contribution in [2.45, 2.75) is 19.9 Å². The van der Waals surface area contributed by atoms with Crippen LogP contribution in [-0.4, -0.2) is 21.7 Å². The van der Waals surface area contributed by atoms with E-state index < -0.39 is 5.56 Å². The van der Waals surface area contributed by atoms with Gasteiger partial charge in [-0.3, -0.25) is 19.5 Å². The molecular weight excluding hydrogens is 416 g/mol. The molecule has 0 unspecified atom stereocenters. The average Bonchev–Trinajstić information content (AvgIpc) is 2.82. The predicted octanol–water partition coefficient (Wildman–Crippen LogP) is 4.32. The third-order valence-electron chi connectivity index (χ3n) is 5.11. The van der Waals surface area contributed by atoms with Crippen LogP contribution in [0.5, 0.6) is 0 Å². The first kappa shape index (κ1) is 21.8. The Balaban J connectivity index is 1.62. The lowest BCUT2D eigenvalue weighted by Gasteiger charge is -2.27. The molecule has 33 heavy (non-hydrogen) atoms. The van der Waals surface area contributed by atoms with Gasteiger partial charge in [-0.25, -0.2) is 4.68 Å². The van der Waals surface area contributed by atoms with E-state index in [0.29, 0.717) is 11.3 Å². The van der Waals surface area contributed by atoms with Crippen LogP contribution in [0.2, 0.25) is 0 Å². The Morgan fingerprint density at radius 1 is 0.848 bits per heavy atom. The van der Waals surface area contributed by atoms with Crippen molar-refractivity contribution in [2.24, 2.45) is 0 Å². The van der Waals surface area contributed by atoms with Crippen LogP contribution < -0.4 is 21.3 Å². The maximum atomic E-state index is 13.4. The van der Waals surface area contributed by atoms with Gasteiger partial charge in [0.1, 0.15) is 0 Å². The second-order valence-corrected chi connectivity index (χ2v) is 7.84. The number of aromatic nitrogens is 2. The number of nitrogens with one attached hydrogen (secondary N) is 2. The van der Waals surface area contributed by atoms with Gasteiger partial charge in [-0.05, 0) is 68.4 Å². The van der Waals surface area contributed by atoms with Crippen molar-refractivity contribution in [3.63, 3.8) is 0 Å². The summed E-state index contributed by atoms with van der Waals surface area (Å²) in [7, 11) is 0. The molecule has 0 spiro atoms. The SMILES string of the molecule is CC(C)N(C(=O)c1cccc(-n2[nH]c(=O)ccc2=O)c1)c1ccc(Nc2ccccc2)cc1. The number of rotatable bonds is 6. The lowest BCUT2D eigenvalue weighted by atomic mass is 10.1. The third-order valence-corrected chi connectivity index (χ3v) is 5.11. The van der Waals surface area contributed by atoms with Crippen LogP contribution >= 0.6 is 0 Å². The van der Waals surface area contributed by atoms with Crippen LogP contribution in [0.25, 0.3) is 5.69 Å². The standard InChI is InChI=1S/C26H24N4O3/c1-18(2)29(22-13-11-21(12-14-22)27-20-8-4-3-5-9-20)26(33)19-7-6-10-23(17-19)30-25(32)16-15-24(31)28-30/h3-18,27H,1-2H3,(H,28,31). The molecule has 0 fully saturated rings. The zero-order chi connectivity index (χ0) is 23.4. The van der Waals surface area contributed by atoms with E-state index in [4.69, 9.17) is 0 Å². The molecule has 0 atom stereocenters. The molecule has 4 aromatic rings. The fraction of sp³-hybridized carbons (Fsp3) is 0.115. The molecule has 0 aliphatic heterocycles. The second kappa shape index (κ2) is 9.40. The summed E-state index contributed by atoms with van der Waals surface area (Å²) < 4.78 is 1.13. The highest BCUT2D eigenvalue weighted by molar-refractivity contribution is 6.06. The molecule has 1 aromatic heterocycles. The smallest absolute Gasteiger partial charge is 0.269 e. The van der Waals surface area contributed by atoms with E-state index >= 15 is 0 Å². The van der Waals surface area contributed by atoms with Crippen LogP contribution in [0.15, 0.2) is 101 Å². The minimum atomic E-state index is -0.403. The number of hydrogen-bond donors (Lipinski definition) is 2. The van der Waals surface area contributed by atoms with Crippen LogP contribution in [0.4, 0.5) is 17.1 Å². The normalized spacial score (nSPS) is 10.8. The summed E-state index contributed by atoms with van der Waals surface area (Å²) in [6.45, 7) is 3.88. The number of hydrogen-bond acceptors (Lipinski definition) is 4. The van der Waals surface area contributed by atoms with E-state index in [0.717, 1.165) is 21.7 Å². The minimum Gasteiger partial charge on any atom is -0.356 e. The average molecular weight is 441 g/mol. The van der Waals surface area contributed by atoms with Gasteiger partial charge >= 0.3 is 0 Å². The molecule has 7 heteroatoms. The summed E-state index contributed by atoms with van der Waals surface area (Å²) in [6.07, 6.45) is 0. The Morgan fingerprint density at radius 2 is 1.55 bits per heavy atom. The fourth-order valence-electron chi connectivity index (χ4n) is 3.58. The van der Waals surface area contributed by atoms with Crippen LogP contribution in [0.1, 0.15) is 24.2 Å². The fourth-order valence-corrected chi connectivity index (χ4v) is 3.58. The third kappa shape index (κ3) is 4.93. The molecule has 0 aliphatic carbocycles. The number of carbonyl (C=O) groups excluding carboxylic acids is 1. The van der Waals surface area contributed by atoms with Gasteiger partial charge in [0.25, 0.3) is 17.0 Å². The van der Waals surface area contributed by atoms with Crippen molar-refractivity contribution in [3.8, 4) is 5.69 Å². The van der Waals surface area contributed by atoms with Gasteiger partial charge in [-0.2, -0.15) is 0 Å². The number of para-hydroxylation sites is 1. The van der Waals surface area contributed by atoms with E-state index in [1.54, 1.807) is 29.2 Å². The first-order valence-corrected chi connectivity index (χ1v) is 10.6. The molecule has 166 valence electrons. The number of aromatic amines is 1. The number of anilines is 3. The molecule has 0 bridgehead atoms. The van der Waals surface area contributed by atoms with Crippen molar-refractivity contribution in [2.75, 3.05) is 10.2 Å². The first-order valence-electron chi connectivity index (χ1n) is 10.6. The topological polar surface area (TPSA) is 87.2 Å². The van der Waals surface area contributed by atoms with Crippen molar-refractivity contribution >= 4 is 23.0 Å². The molecule has 1 amide bonds. The van der Waals surface area contributed by atoms with E-state index in [2.05, 4.69) is 10.4 Å². The highest BCUT2D eigenvalue weighted by atomic mass is 16.2. The van der Waals surface area contributed by atoms with E-state index in [-0.39, 0.29) is 17.5 Å². The molecule has 4 rings (SSSR count). The summed E-state index contributed by atoms with van der Waals surface area (Å²) in [5.74, 6) is -0.207. The predicted molar refractivity (Wildman–Crippen MR) is 131 cm³/mol. The zero-order valence-electron chi connectivity index (χ0n) is 18.4. The monoisotopic (exact) mass is 440 g/mol. The number of amides is 1. The number of carbonyl (C=O) groups is 1. The van der Waals surface area contributed by atoms with Gasteiger partial charge in [-0.15, -0.1) is 0 Å². The van der Waals surface area contributed by atoms with Gasteiger partial charge in [0.15, 0.2) is 0 Å². The van der Waals surface area contributed by atoms with E-state index in [9.17, 15) is 14.4 Å². The molecule has 0 saturated carbocycles. The van der Waals surface area contributed by atoms with Crippen molar-refractivity contribution in [1.29, 1.82) is 0 Å². The van der Waals surface area contributed by atoms with Crippen LogP contribution in [0.3, 0.4) is 0 Å². The Morgan fingerprint density at radius 3 is 2.24 bits per heavy atom. The number of H-pyrrole nitrogens is 1. The van der Waals surface area contributed by atoms with Gasteiger partial charge in [0.05, 0.1) is 5.69 Å². The van der Waals surface area contributed by atoms with Crippen LogP contribution in [-0.2, 0) is 0 Å². The Hall–Kier alpha value is -4.39. The van der Waals surface area contributed by atoms with Gasteiger partial charge in [-0.1, -0.05) is 24.3 Å². The van der Waals surface area contributed by atoms with Crippen molar-refractivity contribution in [1.82, 2.24) is 9.78 Å². The maximum absolute atomic E-state index is 13.4. The highest BCUT2D eigenvalue weighted by Gasteiger charge is 2.21. The number of benzene rings is 3. The molecule has 0 aliphatic rings. The lowest BCUT2D eigenvalue weighted by molar-refractivity contribution is 0.0980. The molecular formula is C26H24N4O3. The molecule has 0 saturated heterocycles. The molecule has 7 nitrogen and oxygen atoms in total. The van der Waals surface area contributed by atoms with Gasteiger partial charge in [0, 0.05) is 40.8 Å². The van der Waals surface area contributed by atoms with E-state index in [1.807, 2.05) is 68.4 Å². The van der Waals surface area contributed by atoms with Gasteiger partial charge in [0.2, 0.25) is 0 Å². The van der Waals surface area contributed by atoms with Gasteiger partial charge < -0.3 is 10.2 Å². The number of nitrogens with zero attached hydrogens (tertiary/aromatic N) is 2. The zero-order valence-corrected chi connectivity index (χ0v) is 18.4. The summed E-state index contributed by atoms with van der Waals surface area (Å²) in [6, 6.07) is 26.4.